The number of halogens is 2. The van der Waals surface area contributed by atoms with Gasteiger partial charge in [-0.3, -0.25) is 4.68 Å². The third-order valence-electron chi connectivity index (χ3n) is 3.92. The van der Waals surface area contributed by atoms with Gasteiger partial charge in [0.05, 0.1) is 18.7 Å². The molecule has 1 aromatic heterocycles. The molecule has 0 bridgehead atoms. The molecule has 0 atom stereocenters. The molecule has 29 heavy (non-hydrogen) atoms. The standard InChI is InChI=1S/C20H18ClFN4O2S/c1-2-28-19(27)13-6-8-14(9-7-13)23-20(29)24-18-10-11-26(25-18)12-15-16(21)4-3-5-17(15)22/h3-11H,2,12H2,1H3,(H2,23,24,25,29). The highest BCUT2D eigenvalue weighted by molar-refractivity contribution is 7.80. The molecule has 0 aliphatic carbocycles. The second kappa shape index (κ2) is 9.49. The Balaban J connectivity index is 1.58. The van der Waals surface area contributed by atoms with Gasteiger partial charge in [0.2, 0.25) is 0 Å². The van der Waals surface area contributed by atoms with Crippen LogP contribution in [0.25, 0.3) is 0 Å². The molecule has 0 saturated carbocycles. The van der Waals surface area contributed by atoms with E-state index in [2.05, 4.69) is 15.7 Å². The molecule has 1 heterocycles. The summed E-state index contributed by atoms with van der Waals surface area (Å²) < 4.78 is 20.4. The SMILES string of the molecule is CCOC(=O)c1ccc(NC(=S)Nc2ccn(Cc3c(F)cccc3Cl)n2)cc1. The van der Waals surface area contributed by atoms with Gasteiger partial charge in [-0.15, -0.1) is 0 Å². The quantitative estimate of drug-likeness (QED) is 0.434. The molecule has 9 heteroatoms. The highest BCUT2D eigenvalue weighted by atomic mass is 35.5. The van der Waals surface area contributed by atoms with E-state index in [-0.39, 0.29) is 18.3 Å². The molecule has 0 aliphatic heterocycles. The van der Waals surface area contributed by atoms with E-state index in [1.165, 1.54) is 6.07 Å². The lowest BCUT2D eigenvalue weighted by Gasteiger charge is -2.09. The molecule has 2 N–H and O–H groups in total. The summed E-state index contributed by atoms with van der Waals surface area (Å²) in [5, 5.41) is 10.9. The van der Waals surface area contributed by atoms with E-state index in [1.54, 1.807) is 60.3 Å². The summed E-state index contributed by atoms with van der Waals surface area (Å²) in [4.78, 5) is 11.7. The molecule has 3 aromatic rings. The number of hydrogen-bond donors (Lipinski definition) is 2. The number of carbonyl (C=O) groups excluding carboxylic acids is 1. The number of thiocarbonyl (C=S) groups is 1. The molecular weight excluding hydrogens is 415 g/mol. The minimum absolute atomic E-state index is 0.197. The maximum absolute atomic E-state index is 13.9. The number of ether oxygens (including phenoxy) is 1. The molecular formula is C20H18ClFN4O2S. The molecule has 0 fully saturated rings. The maximum Gasteiger partial charge on any atom is 0.338 e. The minimum atomic E-state index is -0.383. The van der Waals surface area contributed by atoms with Crippen molar-refractivity contribution < 1.29 is 13.9 Å². The first-order valence-corrected chi connectivity index (χ1v) is 9.56. The molecule has 2 aromatic carbocycles. The van der Waals surface area contributed by atoms with E-state index in [0.29, 0.717) is 39.4 Å². The summed E-state index contributed by atoms with van der Waals surface area (Å²) >= 11 is 11.3. The molecule has 6 nitrogen and oxygen atoms in total. The van der Waals surface area contributed by atoms with Crippen molar-refractivity contribution in [2.75, 3.05) is 17.2 Å². The molecule has 0 aliphatic rings. The Bertz CT molecular complexity index is 1000. The number of rotatable bonds is 6. The number of nitrogens with one attached hydrogen (secondary N) is 2. The number of nitrogens with zero attached hydrogens (tertiary/aromatic N) is 2. The van der Waals surface area contributed by atoms with E-state index in [4.69, 9.17) is 28.6 Å². The van der Waals surface area contributed by atoms with Crippen molar-refractivity contribution >= 4 is 46.4 Å². The fourth-order valence-electron chi connectivity index (χ4n) is 2.54. The lowest BCUT2D eigenvalue weighted by Crippen LogP contribution is -2.19. The van der Waals surface area contributed by atoms with Crippen LogP contribution in [0, 0.1) is 5.82 Å². The Morgan fingerprint density at radius 1 is 1.21 bits per heavy atom. The van der Waals surface area contributed by atoms with Crippen LogP contribution in [-0.2, 0) is 11.3 Å². The van der Waals surface area contributed by atoms with Crippen LogP contribution in [-0.4, -0.2) is 27.5 Å². The number of hydrogen-bond acceptors (Lipinski definition) is 4. The summed E-state index contributed by atoms with van der Waals surface area (Å²) in [6.07, 6.45) is 1.70. The van der Waals surface area contributed by atoms with Gasteiger partial charge in [-0.25, -0.2) is 9.18 Å². The average Bonchev–Trinajstić information content (AvgIpc) is 3.12. The van der Waals surface area contributed by atoms with Gasteiger partial charge in [-0.05, 0) is 55.5 Å². The van der Waals surface area contributed by atoms with Crippen LogP contribution in [0.2, 0.25) is 5.02 Å². The minimum Gasteiger partial charge on any atom is -0.462 e. The number of aromatic nitrogens is 2. The van der Waals surface area contributed by atoms with E-state index in [0.717, 1.165) is 0 Å². The highest BCUT2D eigenvalue weighted by Crippen LogP contribution is 2.20. The number of carbonyl (C=O) groups is 1. The Kier molecular flexibility index (Phi) is 6.79. The van der Waals surface area contributed by atoms with E-state index >= 15 is 0 Å². The topological polar surface area (TPSA) is 68.2 Å². The normalized spacial score (nSPS) is 10.4. The van der Waals surface area contributed by atoms with Crippen LogP contribution in [0.4, 0.5) is 15.9 Å². The fourth-order valence-corrected chi connectivity index (χ4v) is 2.99. The lowest BCUT2D eigenvalue weighted by atomic mass is 10.2. The largest absolute Gasteiger partial charge is 0.462 e. The lowest BCUT2D eigenvalue weighted by molar-refractivity contribution is 0.0526. The van der Waals surface area contributed by atoms with Gasteiger partial charge < -0.3 is 15.4 Å². The van der Waals surface area contributed by atoms with Gasteiger partial charge in [0.1, 0.15) is 5.82 Å². The molecule has 0 radical (unpaired) electrons. The van der Waals surface area contributed by atoms with Gasteiger partial charge in [0.25, 0.3) is 0 Å². The van der Waals surface area contributed by atoms with Crippen molar-refractivity contribution in [3.8, 4) is 0 Å². The van der Waals surface area contributed by atoms with E-state index in [1.807, 2.05) is 0 Å². The molecule has 0 saturated heterocycles. The van der Waals surface area contributed by atoms with Crippen molar-refractivity contribution in [3.63, 3.8) is 0 Å². The summed E-state index contributed by atoms with van der Waals surface area (Å²) in [5.41, 5.74) is 1.53. The van der Waals surface area contributed by atoms with Crippen molar-refractivity contribution in [1.82, 2.24) is 9.78 Å². The zero-order valence-electron chi connectivity index (χ0n) is 15.5. The first kappa shape index (κ1) is 20.8. The van der Waals surface area contributed by atoms with Crippen LogP contribution in [0.3, 0.4) is 0 Å². The Hall–Kier alpha value is -2.97. The third-order valence-corrected chi connectivity index (χ3v) is 4.48. The Labute approximate surface area is 177 Å². The Morgan fingerprint density at radius 2 is 1.97 bits per heavy atom. The molecule has 0 unspecified atom stereocenters. The zero-order chi connectivity index (χ0) is 20.8. The highest BCUT2D eigenvalue weighted by Gasteiger charge is 2.10. The van der Waals surface area contributed by atoms with Gasteiger partial charge >= 0.3 is 5.97 Å². The van der Waals surface area contributed by atoms with E-state index in [9.17, 15) is 9.18 Å². The van der Waals surface area contributed by atoms with Gasteiger partial charge in [0, 0.05) is 28.5 Å². The molecule has 0 amide bonds. The number of anilines is 2. The monoisotopic (exact) mass is 432 g/mol. The van der Waals surface area contributed by atoms with Crippen molar-refractivity contribution in [1.29, 1.82) is 0 Å². The summed E-state index contributed by atoms with van der Waals surface area (Å²) in [6.45, 7) is 2.27. The summed E-state index contributed by atoms with van der Waals surface area (Å²) in [5.74, 6) is -0.260. The average molecular weight is 433 g/mol. The first-order valence-electron chi connectivity index (χ1n) is 8.78. The summed E-state index contributed by atoms with van der Waals surface area (Å²) in [7, 11) is 0. The van der Waals surface area contributed by atoms with Crippen LogP contribution >= 0.6 is 23.8 Å². The number of benzene rings is 2. The van der Waals surface area contributed by atoms with Gasteiger partial charge in [-0.1, -0.05) is 17.7 Å². The maximum atomic E-state index is 13.9. The van der Waals surface area contributed by atoms with Crippen LogP contribution < -0.4 is 10.6 Å². The molecule has 150 valence electrons. The fraction of sp³-hybridized carbons (Fsp3) is 0.150. The predicted octanol–water partition coefficient (Wildman–Crippen LogP) is 4.71. The predicted molar refractivity (Wildman–Crippen MR) is 115 cm³/mol. The number of esters is 1. The zero-order valence-corrected chi connectivity index (χ0v) is 17.1. The second-order valence-corrected chi connectivity index (χ2v) is 6.79. The van der Waals surface area contributed by atoms with Crippen molar-refractivity contribution in [2.24, 2.45) is 0 Å². The summed E-state index contributed by atoms with van der Waals surface area (Å²) in [6, 6.07) is 13.0. The van der Waals surface area contributed by atoms with Crippen LogP contribution in [0.1, 0.15) is 22.8 Å². The molecule has 0 spiro atoms. The first-order chi connectivity index (χ1) is 14.0. The van der Waals surface area contributed by atoms with Gasteiger partial charge in [0.15, 0.2) is 10.9 Å². The van der Waals surface area contributed by atoms with Crippen LogP contribution in [0.15, 0.2) is 54.7 Å². The van der Waals surface area contributed by atoms with Crippen molar-refractivity contribution in [3.05, 3.63) is 76.7 Å². The smallest absolute Gasteiger partial charge is 0.338 e. The Morgan fingerprint density at radius 3 is 2.66 bits per heavy atom. The van der Waals surface area contributed by atoms with Crippen LogP contribution in [0.5, 0.6) is 0 Å². The van der Waals surface area contributed by atoms with E-state index < -0.39 is 0 Å². The second-order valence-electron chi connectivity index (χ2n) is 5.98. The van der Waals surface area contributed by atoms with Crippen molar-refractivity contribution in [2.45, 2.75) is 13.5 Å². The van der Waals surface area contributed by atoms with Gasteiger partial charge in [-0.2, -0.15) is 5.10 Å². The molecule has 3 rings (SSSR count). The third kappa shape index (κ3) is 5.52.